The molecule has 6 heteroatoms. The summed E-state index contributed by atoms with van der Waals surface area (Å²) in [6, 6.07) is 68.6. The van der Waals surface area contributed by atoms with Gasteiger partial charge in [-0.2, -0.15) is 0 Å². The zero-order valence-electron chi connectivity index (χ0n) is 32.6. The van der Waals surface area contributed by atoms with Gasteiger partial charge in [-0.15, -0.1) is 11.3 Å². The van der Waals surface area contributed by atoms with Gasteiger partial charge in [0.1, 0.15) is 11.2 Å². The lowest BCUT2D eigenvalue weighted by Gasteiger charge is -2.13. The van der Waals surface area contributed by atoms with E-state index in [9.17, 15) is 0 Å². The lowest BCUT2D eigenvalue weighted by molar-refractivity contribution is 0.669. The van der Waals surface area contributed by atoms with Crippen LogP contribution in [-0.4, -0.2) is 19.5 Å². The molecule has 13 aromatic rings. The molecule has 0 N–H and O–H groups in total. The molecule has 4 aromatic heterocycles. The first-order chi connectivity index (χ1) is 30.2. The number of hydrogen-bond donors (Lipinski definition) is 0. The number of benzene rings is 9. The van der Waals surface area contributed by atoms with E-state index in [2.05, 4.69) is 180 Å². The van der Waals surface area contributed by atoms with Crippen LogP contribution in [0.4, 0.5) is 0 Å². The van der Waals surface area contributed by atoms with Crippen LogP contribution in [0.25, 0.3) is 126 Å². The Morgan fingerprint density at radius 2 is 1.03 bits per heavy atom. The Kier molecular flexibility index (Phi) is 7.41. The van der Waals surface area contributed by atoms with Crippen molar-refractivity contribution in [2.75, 3.05) is 0 Å². The summed E-state index contributed by atoms with van der Waals surface area (Å²) < 4.78 is 11.6. The summed E-state index contributed by atoms with van der Waals surface area (Å²) in [7, 11) is 0. The van der Waals surface area contributed by atoms with Gasteiger partial charge in [0.2, 0.25) is 0 Å². The summed E-state index contributed by atoms with van der Waals surface area (Å²) in [4.78, 5) is 16.0. The molecule has 0 fully saturated rings. The SMILES string of the molecule is c1ccc(-c2ccc(-c3nc(-c4cc(-n5c6ccccc6c6cc7ccccc7cc65)cc5c4oc4ccccc45)nc(-c4cccc5c4sc4ccccc45)n3)cc2)cc1. The fourth-order valence-corrected chi connectivity index (χ4v) is 10.4. The Hall–Kier alpha value is -7.93. The maximum atomic E-state index is 6.80. The third kappa shape index (κ3) is 5.36. The molecule has 0 atom stereocenters. The average molecular weight is 797 g/mol. The van der Waals surface area contributed by atoms with Crippen LogP contribution in [0.2, 0.25) is 0 Å². The maximum absolute atomic E-state index is 6.80. The average Bonchev–Trinajstić information content (AvgIpc) is 4.00. The van der Waals surface area contributed by atoms with Crippen LogP contribution in [0.5, 0.6) is 0 Å². The molecule has 0 saturated carbocycles. The van der Waals surface area contributed by atoms with Gasteiger partial charge in [0.05, 0.1) is 16.6 Å². The molecule has 0 saturated heterocycles. The smallest absolute Gasteiger partial charge is 0.167 e. The summed E-state index contributed by atoms with van der Waals surface area (Å²) in [6.07, 6.45) is 0. The van der Waals surface area contributed by atoms with E-state index >= 15 is 0 Å². The third-order valence-electron chi connectivity index (χ3n) is 12.0. The van der Waals surface area contributed by atoms with Gasteiger partial charge in [-0.25, -0.2) is 15.0 Å². The van der Waals surface area contributed by atoms with Crippen molar-refractivity contribution >= 4 is 86.0 Å². The van der Waals surface area contributed by atoms with Crippen LogP contribution in [0.3, 0.4) is 0 Å². The van der Waals surface area contributed by atoms with Crippen molar-refractivity contribution in [2.45, 2.75) is 0 Å². The van der Waals surface area contributed by atoms with E-state index in [1.165, 1.54) is 37.0 Å². The summed E-state index contributed by atoms with van der Waals surface area (Å²) in [5.41, 5.74) is 9.75. The molecule has 0 unspecified atom stereocenters. The van der Waals surface area contributed by atoms with Gasteiger partial charge in [0, 0.05) is 58.5 Å². The van der Waals surface area contributed by atoms with E-state index in [-0.39, 0.29) is 0 Å². The van der Waals surface area contributed by atoms with E-state index in [1.807, 2.05) is 18.2 Å². The Labute approximate surface area is 353 Å². The van der Waals surface area contributed by atoms with Crippen molar-refractivity contribution in [1.29, 1.82) is 0 Å². The quantitative estimate of drug-likeness (QED) is 0.174. The predicted molar refractivity (Wildman–Crippen MR) is 254 cm³/mol. The number of fused-ring (bicyclic) bond motifs is 10. The second-order valence-electron chi connectivity index (χ2n) is 15.6. The van der Waals surface area contributed by atoms with Crippen molar-refractivity contribution in [1.82, 2.24) is 19.5 Å². The first-order valence-corrected chi connectivity index (χ1v) is 21.2. The fourth-order valence-electron chi connectivity index (χ4n) is 9.15. The van der Waals surface area contributed by atoms with E-state index in [0.29, 0.717) is 17.5 Å². The van der Waals surface area contributed by atoms with Crippen LogP contribution in [0.1, 0.15) is 0 Å². The molecule has 4 heterocycles. The van der Waals surface area contributed by atoms with Gasteiger partial charge >= 0.3 is 0 Å². The molecule has 0 amide bonds. The monoisotopic (exact) mass is 796 g/mol. The van der Waals surface area contributed by atoms with Gasteiger partial charge in [0.15, 0.2) is 17.5 Å². The predicted octanol–water partition coefficient (Wildman–Crippen LogP) is 15.1. The highest BCUT2D eigenvalue weighted by Crippen LogP contribution is 2.43. The zero-order chi connectivity index (χ0) is 40.0. The van der Waals surface area contributed by atoms with E-state index in [1.54, 1.807) is 11.3 Å². The lowest BCUT2D eigenvalue weighted by Crippen LogP contribution is -2.02. The summed E-state index contributed by atoms with van der Waals surface area (Å²) >= 11 is 1.77. The fraction of sp³-hybridized carbons (Fsp3) is 0. The highest BCUT2D eigenvalue weighted by Gasteiger charge is 2.23. The van der Waals surface area contributed by atoms with Crippen molar-refractivity contribution in [3.63, 3.8) is 0 Å². The van der Waals surface area contributed by atoms with Crippen molar-refractivity contribution in [2.24, 2.45) is 0 Å². The first kappa shape index (κ1) is 34.0. The van der Waals surface area contributed by atoms with E-state index in [4.69, 9.17) is 19.4 Å². The Morgan fingerprint density at radius 3 is 1.89 bits per heavy atom. The van der Waals surface area contributed by atoms with Crippen LogP contribution in [-0.2, 0) is 0 Å². The number of nitrogens with zero attached hydrogens (tertiary/aromatic N) is 4. The highest BCUT2D eigenvalue weighted by molar-refractivity contribution is 7.26. The van der Waals surface area contributed by atoms with Crippen molar-refractivity contribution in [3.05, 3.63) is 194 Å². The molecule has 0 aliphatic rings. The second kappa shape index (κ2) is 13.3. The van der Waals surface area contributed by atoms with Crippen molar-refractivity contribution < 1.29 is 4.42 Å². The molecule has 0 radical (unpaired) electrons. The third-order valence-corrected chi connectivity index (χ3v) is 13.3. The number of thiophene rings is 1. The Bertz CT molecular complexity index is 3880. The molecule has 0 aliphatic carbocycles. The van der Waals surface area contributed by atoms with Gasteiger partial charge < -0.3 is 8.98 Å². The van der Waals surface area contributed by atoms with Gasteiger partial charge in [-0.05, 0) is 70.4 Å². The van der Waals surface area contributed by atoms with Crippen LogP contribution >= 0.6 is 11.3 Å². The molecular formula is C55H32N4OS. The summed E-state index contributed by atoms with van der Waals surface area (Å²) in [6.45, 7) is 0. The Morgan fingerprint density at radius 1 is 0.393 bits per heavy atom. The molecule has 9 aromatic carbocycles. The van der Waals surface area contributed by atoms with Gasteiger partial charge in [-0.3, -0.25) is 0 Å². The van der Waals surface area contributed by atoms with E-state index < -0.39 is 0 Å². The van der Waals surface area contributed by atoms with Gasteiger partial charge in [0.25, 0.3) is 0 Å². The molecule has 61 heavy (non-hydrogen) atoms. The minimum atomic E-state index is 0.544. The zero-order valence-corrected chi connectivity index (χ0v) is 33.4. The second-order valence-corrected chi connectivity index (χ2v) is 16.6. The summed E-state index contributed by atoms with van der Waals surface area (Å²) in [5, 5.41) is 9.25. The van der Waals surface area contributed by atoms with Gasteiger partial charge in [-0.1, -0.05) is 146 Å². The standard InChI is InChI=1S/C55H32N4OS/c1-2-13-33(14-3-1)34-25-27-35(28-26-34)53-56-54(43-21-12-20-42-41-19-8-11-24-50(41)61-52(42)43)58-55(57-53)46-32-38(31-45-40-18-7-10-23-49(40)60-51(45)46)59-47-22-9-6-17-39(47)44-29-36-15-4-5-16-37(36)30-48(44)59/h1-32H. The number of para-hydroxylation sites is 2. The number of furan rings is 1. The maximum Gasteiger partial charge on any atom is 0.167 e. The Balaban J connectivity index is 1.10. The normalized spacial score (nSPS) is 11.9. The molecule has 0 aliphatic heterocycles. The molecule has 0 bridgehead atoms. The molecule has 5 nitrogen and oxygen atoms in total. The van der Waals surface area contributed by atoms with Crippen LogP contribution in [0, 0.1) is 0 Å². The van der Waals surface area contributed by atoms with Crippen LogP contribution < -0.4 is 0 Å². The molecule has 13 rings (SSSR count). The number of aromatic nitrogens is 4. The largest absolute Gasteiger partial charge is 0.455 e. The summed E-state index contributed by atoms with van der Waals surface area (Å²) in [5.74, 6) is 1.75. The number of hydrogen-bond acceptors (Lipinski definition) is 5. The van der Waals surface area contributed by atoms with E-state index in [0.717, 1.165) is 71.2 Å². The lowest BCUT2D eigenvalue weighted by atomic mass is 10.0. The minimum absolute atomic E-state index is 0.544. The minimum Gasteiger partial charge on any atom is -0.455 e. The molecule has 0 spiro atoms. The van der Waals surface area contributed by atoms with Crippen molar-refractivity contribution in [3.8, 4) is 51.0 Å². The topological polar surface area (TPSA) is 56.7 Å². The molecular weight excluding hydrogens is 765 g/mol. The number of rotatable bonds is 5. The highest BCUT2D eigenvalue weighted by atomic mass is 32.1. The molecule has 284 valence electrons. The first-order valence-electron chi connectivity index (χ1n) is 20.4. The van der Waals surface area contributed by atoms with Crippen LogP contribution in [0.15, 0.2) is 199 Å².